The van der Waals surface area contributed by atoms with Gasteiger partial charge in [0.25, 0.3) is 5.91 Å². The summed E-state index contributed by atoms with van der Waals surface area (Å²) in [6.07, 6.45) is 5.75. The van der Waals surface area contributed by atoms with Gasteiger partial charge in [0.05, 0.1) is 6.10 Å². The van der Waals surface area contributed by atoms with Gasteiger partial charge in [-0.25, -0.2) is 0 Å². The maximum atomic E-state index is 12.9. The average Bonchev–Trinajstić information content (AvgIpc) is 2.80. The number of hydrogen-bond donors (Lipinski definition) is 1. The molecule has 3 heterocycles. The van der Waals surface area contributed by atoms with Crippen molar-refractivity contribution in [1.82, 2.24) is 14.9 Å². The number of β-amino-alcohol motifs (C(OH)–C–C–N with tert-alkyl or cyclic N) is 1. The number of amides is 1. The quantitative estimate of drug-likeness (QED) is 0.548. The first-order valence-electron chi connectivity index (χ1n) is 11.3. The van der Waals surface area contributed by atoms with E-state index < -0.39 is 6.10 Å². The molecule has 3 aromatic rings. The van der Waals surface area contributed by atoms with Crippen molar-refractivity contribution in [3.8, 4) is 22.3 Å². The summed E-state index contributed by atoms with van der Waals surface area (Å²) in [5.41, 5.74) is 5.22. The van der Waals surface area contributed by atoms with E-state index in [2.05, 4.69) is 42.9 Å². The number of carbonyl (C=O) groups excluding carboxylic acids is 1. The zero-order chi connectivity index (χ0) is 23.8. The number of hydrogen-bond acceptors (Lipinski definition) is 4. The van der Waals surface area contributed by atoms with Crippen molar-refractivity contribution in [2.24, 2.45) is 5.92 Å². The largest absolute Gasteiger partial charge is 0.391 e. The van der Waals surface area contributed by atoms with E-state index in [-0.39, 0.29) is 17.2 Å². The van der Waals surface area contributed by atoms with Crippen molar-refractivity contribution < 1.29 is 9.90 Å². The Hall–Kier alpha value is -2.76. The number of benzene rings is 1. The highest BCUT2D eigenvalue weighted by atomic mass is 35.5. The number of aliphatic hydroxyl groups excluding tert-OH is 1. The van der Waals surface area contributed by atoms with Gasteiger partial charge in [-0.05, 0) is 48.2 Å². The van der Waals surface area contributed by atoms with Crippen LogP contribution < -0.4 is 0 Å². The van der Waals surface area contributed by atoms with Gasteiger partial charge in [-0.1, -0.05) is 45.4 Å². The molecule has 2 atom stereocenters. The lowest BCUT2D eigenvalue weighted by Gasteiger charge is -2.34. The molecule has 1 fully saturated rings. The molecule has 0 aliphatic carbocycles. The van der Waals surface area contributed by atoms with Crippen molar-refractivity contribution in [1.29, 1.82) is 0 Å². The SMILES string of the molecule is CC1CCN(C(=O)c2ccc(-c3cncc(-c4ccnc(C(C)(C)C)c4)c3)c(Cl)c2)CC1O. The standard InChI is InChI=1S/C27H30ClN3O2/c1-17-8-10-31(16-24(17)32)26(33)19-5-6-22(23(28)12-19)21-11-20(14-29-15-21)18-7-9-30-25(13-18)27(2,3)4/h5-7,9,11-15,17,24,32H,8,10,16H2,1-4H3. The zero-order valence-corrected chi connectivity index (χ0v) is 20.3. The number of piperidine rings is 1. The minimum absolute atomic E-state index is 0.0465. The maximum absolute atomic E-state index is 12.9. The number of carbonyl (C=O) groups is 1. The minimum atomic E-state index is -0.488. The van der Waals surface area contributed by atoms with Crippen LogP contribution >= 0.6 is 11.6 Å². The fourth-order valence-corrected chi connectivity index (χ4v) is 4.35. The number of halogens is 1. The van der Waals surface area contributed by atoms with Crippen LogP contribution in [-0.2, 0) is 5.41 Å². The average molecular weight is 464 g/mol. The highest BCUT2D eigenvalue weighted by Gasteiger charge is 2.28. The molecule has 1 aliphatic rings. The van der Waals surface area contributed by atoms with Crippen LogP contribution in [0.1, 0.15) is 50.2 Å². The van der Waals surface area contributed by atoms with Gasteiger partial charge in [0.15, 0.2) is 0 Å². The van der Waals surface area contributed by atoms with Crippen molar-refractivity contribution in [3.63, 3.8) is 0 Å². The van der Waals surface area contributed by atoms with Crippen molar-refractivity contribution in [3.05, 3.63) is 71.3 Å². The number of pyridine rings is 2. The number of aromatic nitrogens is 2. The Kier molecular flexibility index (Phi) is 6.55. The number of rotatable bonds is 3. The molecule has 1 N–H and O–H groups in total. The van der Waals surface area contributed by atoms with Gasteiger partial charge in [0.1, 0.15) is 0 Å². The fourth-order valence-electron chi connectivity index (χ4n) is 4.06. The summed E-state index contributed by atoms with van der Waals surface area (Å²) < 4.78 is 0. The Labute approximate surface area is 200 Å². The first-order chi connectivity index (χ1) is 15.6. The van der Waals surface area contributed by atoms with Crippen molar-refractivity contribution >= 4 is 17.5 Å². The van der Waals surface area contributed by atoms with Crippen LogP contribution in [0.15, 0.2) is 55.0 Å². The van der Waals surface area contributed by atoms with Gasteiger partial charge in [0, 0.05) is 70.1 Å². The molecule has 6 heteroatoms. The fraction of sp³-hybridized carbons (Fsp3) is 0.370. The van der Waals surface area contributed by atoms with Crippen molar-refractivity contribution in [2.45, 2.75) is 45.6 Å². The highest BCUT2D eigenvalue weighted by Crippen LogP contribution is 2.32. The first kappa shape index (κ1) is 23.4. The highest BCUT2D eigenvalue weighted by molar-refractivity contribution is 6.33. The van der Waals surface area contributed by atoms with Crippen LogP contribution in [0, 0.1) is 5.92 Å². The normalized spacial score (nSPS) is 18.9. The van der Waals surface area contributed by atoms with Gasteiger partial charge in [-0.15, -0.1) is 0 Å². The molecule has 4 rings (SSSR count). The molecule has 1 aromatic carbocycles. The number of aliphatic hydroxyl groups is 1. The lowest BCUT2D eigenvalue weighted by atomic mass is 9.90. The third-order valence-electron chi connectivity index (χ3n) is 6.33. The number of likely N-dealkylation sites (tertiary alicyclic amines) is 1. The smallest absolute Gasteiger partial charge is 0.253 e. The van der Waals surface area contributed by atoms with Gasteiger partial charge in [-0.2, -0.15) is 0 Å². The van der Waals surface area contributed by atoms with E-state index in [1.54, 1.807) is 23.2 Å². The van der Waals surface area contributed by atoms with E-state index in [0.717, 1.165) is 34.4 Å². The van der Waals surface area contributed by atoms with Gasteiger partial charge in [-0.3, -0.25) is 14.8 Å². The van der Waals surface area contributed by atoms with Crippen LogP contribution in [0.5, 0.6) is 0 Å². The van der Waals surface area contributed by atoms with Gasteiger partial charge in [0.2, 0.25) is 0 Å². The van der Waals surface area contributed by atoms with E-state index in [1.165, 1.54) is 0 Å². The Balaban J connectivity index is 1.60. The molecule has 0 spiro atoms. The Bertz CT molecular complexity index is 1170. The second kappa shape index (κ2) is 9.24. The van der Waals surface area contributed by atoms with E-state index in [9.17, 15) is 9.90 Å². The zero-order valence-electron chi connectivity index (χ0n) is 19.5. The minimum Gasteiger partial charge on any atom is -0.391 e. The summed E-state index contributed by atoms with van der Waals surface area (Å²) in [5.74, 6) is 0.104. The Morgan fingerprint density at radius 1 is 1.09 bits per heavy atom. The lowest BCUT2D eigenvalue weighted by molar-refractivity contribution is 0.0248. The third-order valence-corrected chi connectivity index (χ3v) is 6.65. The molecule has 172 valence electrons. The predicted octanol–water partition coefficient (Wildman–Crippen LogP) is 5.60. The van der Waals surface area contributed by atoms with Crippen LogP contribution in [0.4, 0.5) is 0 Å². The predicted molar refractivity (Wildman–Crippen MR) is 132 cm³/mol. The molecule has 33 heavy (non-hydrogen) atoms. The summed E-state index contributed by atoms with van der Waals surface area (Å²) >= 11 is 6.62. The molecular formula is C27H30ClN3O2. The monoisotopic (exact) mass is 463 g/mol. The topological polar surface area (TPSA) is 66.3 Å². The summed E-state index contributed by atoms with van der Waals surface area (Å²) in [6, 6.07) is 11.5. The van der Waals surface area contributed by atoms with E-state index in [4.69, 9.17) is 11.6 Å². The molecule has 1 aliphatic heterocycles. The van der Waals surface area contributed by atoms with E-state index in [0.29, 0.717) is 23.7 Å². The molecule has 1 saturated heterocycles. The second-order valence-electron chi connectivity index (χ2n) is 9.92. The molecule has 0 radical (unpaired) electrons. The molecular weight excluding hydrogens is 434 g/mol. The molecule has 5 nitrogen and oxygen atoms in total. The second-order valence-corrected chi connectivity index (χ2v) is 10.3. The molecule has 2 unspecified atom stereocenters. The number of nitrogens with zero attached hydrogens (tertiary/aromatic N) is 3. The summed E-state index contributed by atoms with van der Waals surface area (Å²) in [6.45, 7) is 9.43. The summed E-state index contributed by atoms with van der Waals surface area (Å²) in [5, 5.41) is 10.6. The maximum Gasteiger partial charge on any atom is 0.253 e. The van der Waals surface area contributed by atoms with Crippen LogP contribution in [0.2, 0.25) is 5.02 Å². The van der Waals surface area contributed by atoms with Crippen LogP contribution in [0.25, 0.3) is 22.3 Å². The Morgan fingerprint density at radius 2 is 1.85 bits per heavy atom. The van der Waals surface area contributed by atoms with E-state index in [1.807, 2.05) is 31.5 Å². The molecule has 0 bridgehead atoms. The summed E-state index contributed by atoms with van der Waals surface area (Å²) in [7, 11) is 0. The van der Waals surface area contributed by atoms with E-state index >= 15 is 0 Å². The van der Waals surface area contributed by atoms with Gasteiger partial charge >= 0.3 is 0 Å². The van der Waals surface area contributed by atoms with Crippen LogP contribution in [-0.4, -0.2) is 45.1 Å². The lowest BCUT2D eigenvalue weighted by Crippen LogP contribution is -2.45. The molecule has 1 amide bonds. The Morgan fingerprint density at radius 3 is 2.55 bits per heavy atom. The summed E-state index contributed by atoms with van der Waals surface area (Å²) in [4.78, 5) is 23.6. The van der Waals surface area contributed by atoms with Gasteiger partial charge < -0.3 is 10.0 Å². The van der Waals surface area contributed by atoms with Crippen molar-refractivity contribution in [2.75, 3.05) is 13.1 Å². The third kappa shape index (κ3) is 5.10. The first-order valence-corrected chi connectivity index (χ1v) is 11.7. The molecule has 0 saturated carbocycles. The molecule has 2 aromatic heterocycles. The van der Waals surface area contributed by atoms with Crippen LogP contribution in [0.3, 0.4) is 0 Å².